The number of pyridine rings is 1. The third-order valence-electron chi connectivity index (χ3n) is 4.96. The van der Waals surface area contributed by atoms with Gasteiger partial charge in [-0.25, -0.2) is 4.98 Å². The molecule has 28 heavy (non-hydrogen) atoms. The van der Waals surface area contributed by atoms with E-state index >= 15 is 0 Å². The zero-order chi connectivity index (χ0) is 19.9. The number of benzene rings is 2. The molecule has 1 atom stereocenters. The van der Waals surface area contributed by atoms with Gasteiger partial charge in [0.05, 0.1) is 0 Å². The fourth-order valence-corrected chi connectivity index (χ4v) is 3.39. The average Bonchev–Trinajstić information content (AvgIpc) is 2.73. The molecule has 0 N–H and O–H groups in total. The quantitative estimate of drug-likeness (QED) is 0.490. The van der Waals surface area contributed by atoms with Crippen LogP contribution in [0.15, 0.2) is 72.9 Å². The monoisotopic (exact) mass is 392 g/mol. The number of likely N-dealkylation sites (N-methyl/N-ethyl adjacent to an activating group) is 1. The number of rotatable bonds is 7. The molecule has 3 rings (SSSR count). The molecule has 0 saturated heterocycles. The largest absolute Gasteiger partial charge is 0.345 e. The maximum absolute atomic E-state index is 12.5. The zero-order valence-corrected chi connectivity index (χ0v) is 17.1. The minimum absolute atomic E-state index is 0.175. The van der Waals surface area contributed by atoms with Crippen molar-refractivity contribution < 1.29 is 4.79 Å². The number of hydrogen-bond donors (Lipinski definition) is 0. The molecule has 0 aliphatic carbocycles. The van der Waals surface area contributed by atoms with Crippen LogP contribution < -0.4 is 0 Å². The predicted molar refractivity (Wildman–Crippen MR) is 115 cm³/mol. The van der Waals surface area contributed by atoms with E-state index in [2.05, 4.69) is 42.2 Å². The molecule has 0 radical (unpaired) electrons. The van der Waals surface area contributed by atoms with Crippen molar-refractivity contribution in [3.8, 4) is 11.1 Å². The lowest BCUT2D eigenvalue weighted by Crippen LogP contribution is -2.30. The first-order chi connectivity index (χ1) is 13.5. The van der Waals surface area contributed by atoms with Gasteiger partial charge in [-0.1, -0.05) is 73.1 Å². The molecule has 1 aromatic heterocycles. The summed E-state index contributed by atoms with van der Waals surface area (Å²) in [7, 11) is 1.89. The summed E-state index contributed by atoms with van der Waals surface area (Å²) in [4.78, 5) is 18.5. The summed E-state index contributed by atoms with van der Waals surface area (Å²) in [6.07, 6.45) is 3.09. The van der Waals surface area contributed by atoms with Crippen LogP contribution in [-0.2, 0) is 11.2 Å². The summed E-state index contributed by atoms with van der Waals surface area (Å²) in [6, 6.07) is 22.3. The zero-order valence-electron chi connectivity index (χ0n) is 16.3. The Hall–Kier alpha value is -2.65. The molecular weight excluding hydrogens is 368 g/mol. The van der Waals surface area contributed by atoms with E-state index in [0.29, 0.717) is 18.1 Å². The summed E-state index contributed by atoms with van der Waals surface area (Å²) < 4.78 is 0. The number of hydrogen-bond acceptors (Lipinski definition) is 2. The average molecular weight is 393 g/mol. The van der Waals surface area contributed by atoms with Crippen LogP contribution in [0, 0.1) is 0 Å². The number of amides is 1. The lowest BCUT2D eigenvalue weighted by atomic mass is 9.96. The predicted octanol–water partition coefficient (Wildman–Crippen LogP) is 5.60. The Labute approximate surface area is 172 Å². The van der Waals surface area contributed by atoms with E-state index in [4.69, 9.17) is 11.6 Å². The summed E-state index contributed by atoms with van der Waals surface area (Å²) >= 11 is 5.88. The Morgan fingerprint density at radius 3 is 2.54 bits per heavy atom. The molecule has 3 nitrogen and oxygen atoms in total. The van der Waals surface area contributed by atoms with Crippen LogP contribution in [0.1, 0.15) is 30.4 Å². The van der Waals surface area contributed by atoms with Crippen molar-refractivity contribution in [2.24, 2.45) is 0 Å². The van der Waals surface area contributed by atoms with Gasteiger partial charge in [-0.05, 0) is 41.2 Å². The SMILES string of the molecule is C[C@H](CN(C)C(=O)CCc1ccccc1)c1cccc(-c2ccc(Cl)nc2)c1. The lowest BCUT2D eigenvalue weighted by Gasteiger charge is -2.22. The van der Waals surface area contributed by atoms with Gasteiger partial charge in [0.25, 0.3) is 0 Å². The molecule has 1 heterocycles. The highest BCUT2D eigenvalue weighted by Gasteiger charge is 2.14. The second-order valence-electron chi connectivity index (χ2n) is 7.16. The third-order valence-corrected chi connectivity index (χ3v) is 5.18. The van der Waals surface area contributed by atoms with Crippen molar-refractivity contribution >= 4 is 17.5 Å². The molecule has 3 aromatic rings. The van der Waals surface area contributed by atoms with Crippen molar-refractivity contribution in [3.05, 3.63) is 89.2 Å². The summed E-state index contributed by atoms with van der Waals surface area (Å²) in [5.41, 5.74) is 4.54. The van der Waals surface area contributed by atoms with Gasteiger partial charge in [0.1, 0.15) is 5.15 Å². The van der Waals surface area contributed by atoms with Crippen molar-refractivity contribution in [1.29, 1.82) is 0 Å². The third kappa shape index (κ3) is 5.43. The number of halogens is 1. The Kier molecular flexibility index (Phi) is 6.83. The second-order valence-corrected chi connectivity index (χ2v) is 7.54. The summed E-state index contributed by atoms with van der Waals surface area (Å²) in [5, 5.41) is 0.490. The molecule has 4 heteroatoms. The van der Waals surface area contributed by atoms with Crippen LogP contribution >= 0.6 is 11.6 Å². The molecule has 2 aromatic carbocycles. The maximum Gasteiger partial charge on any atom is 0.222 e. The molecule has 0 fully saturated rings. The van der Waals surface area contributed by atoms with Gasteiger partial charge in [0.15, 0.2) is 0 Å². The van der Waals surface area contributed by atoms with Crippen molar-refractivity contribution in [2.75, 3.05) is 13.6 Å². The van der Waals surface area contributed by atoms with Gasteiger partial charge in [-0.2, -0.15) is 0 Å². The van der Waals surface area contributed by atoms with Crippen molar-refractivity contribution in [3.63, 3.8) is 0 Å². The van der Waals surface area contributed by atoms with Crippen LogP contribution in [0.2, 0.25) is 5.15 Å². The van der Waals surface area contributed by atoms with Gasteiger partial charge >= 0.3 is 0 Å². The smallest absolute Gasteiger partial charge is 0.222 e. The van der Waals surface area contributed by atoms with Crippen LogP contribution in [0.25, 0.3) is 11.1 Å². The molecule has 0 spiro atoms. The fraction of sp³-hybridized carbons (Fsp3) is 0.250. The fourth-order valence-electron chi connectivity index (χ4n) is 3.28. The summed E-state index contributed by atoms with van der Waals surface area (Å²) in [6.45, 7) is 2.84. The minimum atomic E-state index is 0.175. The van der Waals surface area contributed by atoms with E-state index in [1.165, 1.54) is 11.1 Å². The van der Waals surface area contributed by atoms with Gasteiger partial charge < -0.3 is 4.90 Å². The number of aromatic nitrogens is 1. The highest BCUT2D eigenvalue weighted by atomic mass is 35.5. The van der Waals surface area contributed by atoms with Gasteiger partial charge in [-0.15, -0.1) is 0 Å². The van der Waals surface area contributed by atoms with E-state index in [1.807, 2.05) is 42.3 Å². The summed E-state index contributed by atoms with van der Waals surface area (Å²) in [5.74, 6) is 0.416. The van der Waals surface area contributed by atoms with Crippen molar-refractivity contribution in [2.45, 2.75) is 25.7 Å². The van der Waals surface area contributed by atoms with Gasteiger partial charge in [0.2, 0.25) is 5.91 Å². The second kappa shape index (κ2) is 9.52. The van der Waals surface area contributed by atoms with E-state index in [1.54, 1.807) is 12.3 Å². The maximum atomic E-state index is 12.5. The molecular formula is C24H25ClN2O. The highest BCUT2D eigenvalue weighted by Crippen LogP contribution is 2.25. The normalized spacial score (nSPS) is 11.8. The molecule has 0 saturated carbocycles. The van der Waals surface area contributed by atoms with Crippen LogP contribution in [0.4, 0.5) is 0 Å². The Morgan fingerprint density at radius 2 is 1.82 bits per heavy atom. The standard InChI is InChI=1S/C24H25ClN2O/c1-18(17-27(2)24(28)14-11-19-7-4-3-5-8-19)20-9-6-10-21(15-20)22-12-13-23(25)26-16-22/h3-10,12-13,15-16,18H,11,14,17H2,1-2H3/t18-/m1/s1. The van der Waals surface area contributed by atoms with Gasteiger partial charge in [-0.3, -0.25) is 4.79 Å². The van der Waals surface area contributed by atoms with E-state index in [9.17, 15) is 4.79 Å². The Morgan fingerprint density at radius 1 is 1.04 bits per heavy atom. The number of carbonyl (C=O) groups excluding carboxylic acids is 1. The van der Waals surface area contributed by atoms with Crippen LogP contribution in [0.5, 0.6) is 0 Å². The van der Waals surface area contributed by atoms with E-state index in [-0.39, 0.29) is 11.8 Å². The van der Waals surface area contributed by atoms with Gasteiger partial charge in [0, 0.05) is 31.8 Å². The molecule has 0 aliphatic rings. The van der Waals surface area contributed by atoms with Crippen LogP contribution in [0.3, 0.4) is 0 Å². The van der Waals surface area contributed by atoms with Crippen molar-refractivity contribution in [1.82, 2.24) is 9.88 Å². The first-order valence-electron chi connectivity index (χ1n) is 9.52. The minimum Gasteiger partial charge on any atom is -0.345 e. The molecule has 1 amide bonds. The number of nitrogens with zero attached hydrogens (tertiary/aromatic N) is 2. The topological polar surface area (TPSA) is 33.2 Å². The lowest BCUT2D eigenvalue weighted by molar-refractivity contribution is -0.130. The molecule has 0 unspecified atom stereocenters. The highest BCUT2D eigenvalue weighted by molar-refractivity contribution is 6.29. The van der Waals surface area contributed by atoms with E-state index < -0.39 is 0 Å². The molecule has 144 valence electrons. The molecule has 0 aliphatic heterocycles. The first kappa shape index (κ1) is 20.1. The number of aryl methyl sites for hydroxylation is 1. The van der Waals surface area contributed by atoms with Crippen LogP contribution in [-0.4, -0.2) is 29.4 Å². The van der Waals surface area contributed by atoms with E-state index in [0.717, 1.165) is 17.5 Å². The number of carbonyl (C=O) groups is 1. The Balaban J connectivity index is 1.60. The first-order valence-corrected chi connectivity index (χ1v) is 9.90. The Bertz CT molecular complexity index is 909. The molecule has 0 bridgehead atoms.